The Morgan fingerprint density at radius 2 is 1.71 bits per heavy atom. The molecule has 1 aliphatic heterocycles. The van der Waals surface area contributed by atoms with Crippen molar-refractivity contribution in [3.05, 3.63) is 12.2 Å². The van der Waals surface area contributed by atoms with Crippen LogP contribution in [-0.4, -0.2) is 49.7 Å². The van der Waals surface area contributed by atoms with Crippen LogP contribution in [0.2, 0.25) is 0 Å². The highest BCUT2D eigenvalue weighted by molar-refractivity contribution is 6.06. The molecule has 0 radical (unpaired) electrons. The van der Waals surface area contributed by atoms with Gasteiger partial charge in [0.2, 0.25) is 11.8 Å². The fraction of sp³-hybridized carbons (Fsp3) is 0.789. The number of hydrogen-bond acceptors (Lipinski definition) is 4. The van der Waals surface area contributed by atoms with E-state index in [2.05, 4.69) is 26.0 Å². The molecule has 5 heteroatoms. The largest absolute Gasteiger partial charge is 0.379 e. The topological polar surface area (TPSA) is 55.8 Å². The lowest BCUT2D eigenvalue weighted by molar-refractivity contribution is -0.140. The Hall–Kier alpha value is -1.20. The molecule has 0 aromatic carbocycles. The predicted octanol–water partition coefficient (Wildman–Crippen LogP) is 2.26. The highest BCUT2D eigenvalue weighted by atomic mass is 16.5. The van der Waals surface area contributed by atoms with Crippen molar-refractivity contribution in [3.63, 3.8) is 0 Å². The summed E-state index contributed by atoms with van der Waals surface area (Å²) in [7, 11) is 0. The third kappa shape index (κ3) is 3.42. The molecule has 1 saturated heterocycles. The lowest BCUT2D eigenvalue weighted by Gasteiger charge is -2.17. The fourth-order valence-corrected chi connectivity index (χ4v) is 4.13. The van der Waals surface area contributed by atoms with Gasteiger partial charge < -0.3 is 9.47 Å². The molecule has 1 heterocycles. The number of fused-ring (bicyclic) bond motifs is 5. The summed E-state index contributed by atoms with van der Waals surface area (Å²) in [5.74, 6) is 1.09. The van der Waals surface area contributed by atoms with Crippen molar-refractivity contribution in [2.75, 3.05) is 33.0 Å². The number of ether oxygens (including phenoxy) is 2. The molecule has 0 aromatic heterocycles. The smallest absolute Gasteiger partial charge is 0.233 e. The molecule has 24 heavy (non-hydrogen) atoms. The van der Waals surface area contributed by atoms with Crippen molar-refractivity contribution in [2.45, 2.75) is 33.1 Å². The molecule has 0 spiro atoms. The fourth-order valence-electron chi connectivity index (χ4n) is 4.13. The molecular formula is C19H29NO4. The first-order valence-corrected chi connectivity index (χ1v) is 9.32. The van der Waals surface area contributed by atoms with E-state index in [0.717, 1.165) is 19.4 Å². The maximum absolute atomic E-state index is 12.5. The average Bonchev–Trinajstić information content (AvgIpc) is 3.25. The zero-order valence-electron chi connectivity index (χ0n) is 14.8. The van der Waals surface area contributed by atoms with Gasteiger partial charge >= 0.3 is 0 Å². The number of allylic oxidation sites excluding steroid dienone is 2. The summed E-state index contributed by atoms with van der Waals surface area (Å²) in [5.41, 5.74) is 0. The monoisotopic (exact) mass is 335 g/mol. The zero-order valence-corrected chi connectivity index (χ0v) is 14.8. The molecule has 2 fully saturated rings. The van der Waals surface area contributed by atoms with Gasteiger partial charge in [-0.05, 0) is 30.6 Å². The molecule has 2 bridgehead atoms. The van der Waals surface area contributed by atoms with Crippen LogP contribution in [0.5, 0.6) is 0 Å². The van der Waals surface area contributed by atoms with Gasteiger partial charge in [-0.15, -0.1) is 0 Å². The normalized spacial score (nSPS) is 32.0. The van der Waals surface area contributed by atoms with Crippen LogP contribution in [-0.2, 0) is 19.1 Å². The highest BCUT2D eigenvalue weighted by Gasteiger charge is 2.58. The molecule has 1 saturated carbocycles. The Morgan fingerprint density at radius 1 is 1.08 bits per heavy atom. The number of carbonyl (C=O) groups excluding carboxylic acids is 2. The van der Waals surface area contributed by atoms with Gasteiger partial charge in [-0.25, -0.2) is 0 Å². The number of likely N-dealkylation sites (tertiary alicyclic amines) is 1. The Kier molecular flexibility index (Phi) is 5.72. The second-order valence-corrected chi connectivity index (χ2v) is 7.38. The van der Waals surface area contributed by atoms with Gasteiger partial charge in [-0.1, -0.05) is 32.4 Å². The number of nitrogens with zero attached hydrogens (tertiary/aromatic N) is 1. The lowest BCUT2D eigenvalue weighted by atomic mass is 9.85. The summed E-state index contributed by atoms with van der Waals surface area (Å²) >= 11 is 0. The Labute approximate surface area is 144 Å². The van der Waals surface area contributed by atoms with Crippen LogP contribution in [0.3, 0.4) is 0 Å². The lowest BCUT2D eigenvalue weighted by Crippen LogP contribution is -2.34. The molecule has 3 rings (SSSR count). The first-order chi connectivity index (χ1) is 11.6. The van der Waals surface area contributed by atoms with Crippen LogP contribution in [0.25, 0.3) is 0 Å². The van der Waals surface area contributed by atoms with Crippen molar-refractivity contribution >= 4 is 11.8 Å². The summed E-state index contributed by atoms with van der Waals surface area (Å²) in [6.07, 6.45) is 7.06. The number of amides is 2. The molecule has 2 amide bonds. The molecule has 0 unspecified atom stereocenters. The van der Waals surface area contributed by atoms with Gasteiger partial charge in [-0.2, -0.15) is 0 Å². The quantitative estimate of drug-likeness (QED) is 0.349. The van der Waals surface area contributed by atoms with Crippen molar-refractivity contribution in [2.24, 2.45) is 29.6 Å². The molecule has 3 aliphatic rings. The molecular weight excluding hydrogens is 306 g/mol. The second kappa shape index (κ2) is 7.79. The Balaban J connectivity index is 1.31. The minimum absolute atomic E-state index is 0.0405. The van der Waals surface area contributed by atoms with Gasteiger partial charge in [0.25, 0.3) is 0 Å². The van der Waals surface area contributed by atoms with E-state index >= 15 is 0 Å². The molecule has 134 valence electrons. The van der Waals surface area contributed by atoms with Crippen molar-refractivity contribution in [1.29, 1.82) is 0 Å². The molecule has 0 aromatic rings. The third-order valence-corrected chi connectivity index (χ3v) is 5.70. The highest BCUT2D eigenvalue weighted by Crippen LogP contribution is 2.52. The van der Waals surface area contributed by atoms with Crippen LogP contribution >= 0.6 is 0 Å². The van der Waals surface area contributed by atoms with E-state index in [4.69, 9.17) is 9.47 Å². The van der Waals surface area contributed by atoms with E-state index in [1.807, 2.05) is 0 Å². The van der Waals surface area contributed by atoms with E-state index in [9.17, 15) is 9.59 Å². The molecule has 0 N–H and O–H groups in total. The summed E-state index contributed by atoms with van der Waals surface area (Å²) in [6.45, 7) is 7.31. The minimum Gasteiger partial charge on any atom is -0.379 e. The number of carbonyl (C=O) groups is 2. The average molecular weight is 335 g/mol. The third-order valence-electron chi connectivity index (χ3n) is 5.70. The van der Waals surface area contributed by atoms with Gasteiger partial charge in [-0.3, -0.25) is 14.5 Å². The second-order valence-electron chi connectivity index (χ2n) is 7.38. The van der Waals surface area contributed by atoms with E-state index in [-0.39, 0.29) is 23.7 Å². The standard InChI is InChI=1S/C19H29NO4/c1-3-13(2)12-24-10-9-23-8-4-7-20-18(21)16-14-5-6-15(11-14)17(16)19(20)22/h5-6,13-17H,3-4,7-12H2,1-2H3/t13-,14-,15-,16-,17-/m0/s1. The van der Waals surface area contributed by atoms with Crippen molar-refractivity contribution in [3.8, 4) is 0 Å². The number of rotatable bonds is 10. The maximum Gasteiger partial charge on any atom is 0.233 e. The minimum atomic E-state index is -0.0811. The first kappa shape index (κ1) is 17.6. The van der Waals surface area contributed by atoms with E-state index in [1.54, 1.807) is 0 Å². The van der Waals surface area contributed by atoms with Crippen LogP contribution in [0.1, 0.15) is 33.1 Å². The summed E-state index contributed by atoms with van der Waals surface area (Å²) in [4.78, 5) is 26.5. The SMILES string of the molecule is CC[C@H](C)COCCOCCCN1C(=O)[C@@H]2[C@@H](C1=O)[C@H]1C=C[C@H]2C1. The summed E-state index contributed by atoms with van der Waals surface area (Å²) in [5, 5.41) is 0. The number of hydrogen-bond donors (Lipinski definition) is 0. The van der Waals surface area contributed by atoms with Gasteiger partial charge in [0.1, 0.15) is 0 Å². The van der Waals surface area contributed by atoms with Crippen LogP contribution in [0, 0.1) is 29.6 Å². The van der Waals surface area contributed by atoms with Crippen LogP contribution < -0.4 is 0 Å². The van der Waals surface area contributed by atoms with E-state index in [1.165, 1.54) is 4.90 Å². The number of imide groups is 1. The van der Waals surface area contributed by atoms with Gasteiger partial charge in [0.15, 0.2) is 0 Å². The Morgan fingerprint density at radius 3 is 2.33 bits per heavy atom. The maximum atomic E-state index is 12.5. The van der Waals surface area contributed by atoms with E-state index < -0.39 is 0 Å². The summed E-state index contributed by atoms with van der Waals surface area (Å²) < 4.78 is 11.1. The Bertz CT molecular complexity index is 474. The van der Waals surface area contributed by atoms with Gasteiger partial charge in [0, 0.05) is 19.8 Å². The van der Waals surface area contributed by atoms with Crippen LogP contribution in [0.4, 0.5) is 0 Å². The van der Waals surface area contributed by atoms with E-state index in [0.29, 0.717) is 50.5 Å². The predicted molar refractivity (Wildman–Crippen MR) is 90.1 cm³/mol. The molecule has 5 atom stereocenters. The van der Waals surface area contributed by atoms with Crippen LogP contribution in [0.15, 0.2) is 12.2 Å². The first-order valence-electron chi connectivity index (χ1n) is 9.32. The van der Waals surface area contributed by atoms with Crippen molar-refractivity contribution < 1.29 is 19.1 Å². The molecule has 2 aliphatic carbocycles. The molecule has 5 nitrogen and oxygen atoms in total. The summed E-state index contributed by atoms with van der Waals surface area (Å²) in [6, 6.07) is 0. The van der Waals surface area contributed by atoms with Gasteiger partial charge in [0.05, 0.1) is 25.0 Å². The van der Waals surface area contributed by atoms with Crippen molar-refractivity contribution in [1.82, 2.24) is 4.90 Å². The zero-order chi connectivity index (χ0) is 17.1.